The monoisotopic (exact) mass is 429 g/mol. The van der Waals surface area contributed by atoms with Crippen LogP contribution >= 0.6 is 0 Å². The fourth-order valence-electron chi connectivity index (χ4n) is 4.40. The first-order valence-electron chi connectivity index (χ1n) is 10.7. The van der Waals surface area contributed by atoms with E-state index in [1.54, 1.807) is 6.20 Å². The first kappa shape index (κ1) is 20.1. The second kappa shape index (κ2) is 8.39. The summed E-state index contributed by atoms with van der Waals surface area (Å²) in [6.07, 6.45) is 5.67. The molecule has 0 bridgehead atoms. The van der Waals surface area contributed by atoms with Crippen LogP contribution < -0.4 is 10.6 Å². The van der Waals surface area contributed by atoms with E-state index < -0.39 is 11.6 Å². The number of nitrogens with one attached hydrogen (secondary N) is 2. The van der Waals surface area contributed by atoms with Gasteiger partial charge >= 0.3 is 0 Å². The van der Waals surface area contributed by atoms with Gasteiger partial charge in [0.25, 0.3) is 0 Å². The predicted molar refractivity (Wildman–Crippen MR) is 114 cm³/mol. The van der Waals surface area contributed by atoms with Crippen LogP contribution in [-0.4, -0.2) is 45.0 Å². The molecule has 1 aliphatic heterocycles. The van der Waals surface area contributed by atoms with E-state index in [0.29, 0.717) is 24.7 Å². The number of pyridine rings is 1. The average Bonchev–Trinajstić information content (AvgIpc) is 3.39. The van der Waals surface area contributed by atoms with E-state index >= 15 is 0 Å². The number of nitrogens with zero attached hydrogens (tertiary/aromatic N) is 3. The Hall–Kier alpha value is -2.78. The SMILES string of the molecule is OC1CCC(Nc2cc3c(cn2)nc(Nc2ccc(F)cc2F)n3[C@H]2CCOC2)CC1. The lowest BCUT2D eigenvalue weighted by molar-refractivity contribution is 0.126. The number of anilines is 3. The lowest BCUT2D eigenvalue weighted by Gasteiger charge is -2.26. The normalized spacial score (nSPS) is 23.9. The number of ether oxygens (including phenoxy) is 1. The zero-order valence-electron chi connectivity index (χ0n) is 17.0. The van der Waals surface area contributed by atoms with Crippen LogP contribution in [0.4, 0.5) is 26.2 Å². The standard InChI is InChI=1S/C22H25F2N5O2/c23-13-1-6-18(17(24)9-13)27-22-28-19-11-25-21(26-14-2-4-16(30)5-3-14)10-20(19)29(22)15-7-8-31-12-15/h1,6,9-11,14-16,30H,2-5,7-8,12H2,(H,25,26)(H,27,28)/t14?,15-,16?/m0/s1. The molecular formula is C22H25F2N5O2. The van der Waals surface area contributed by atoms with Gasteiger partial charge < -0.3 is 25.0 Å². The van der Waals surface area contributed by atoms with E-state index in [-0.39, 0.29) is 23.9 Å². The van der Waals surface area contributed by atoms with Gasteiger partial charge in [0.2, 0.25) is 5.95 Å². The molecule has 9 heteroatoms. The van der Waals surface area contributed by atoms with Gasteiger partial charge in [0.15, 0.2) is 0 Å². The van der Waals surface area contributed by atoms with Gasteiger partial charge in [-0.1, -0.05) is 0 Å². The van der Waals surface area contributed by atoms with Gasteiger partial charge in [0, 0.05) is 24.8 Å². The van der Waals surface area contributed by atoms with Crippen LogP contribution in [0.25, 0.3) is 11.0 Å². The Morgan fingerprint density at radius 1 is 1.10 bits per heavy atom. The van der Waals surface area contributed by atoms with Crippen LogP contribution in [0.1, 0.15) is 38.1 Å². The number of benzene rings is 1. The highest BCUT2D eigenvalue weighted by atomic mass is 19.1. The van der Waals surface area contributed by atoms with Gasteiger partial charge in [-0.05, 0) is 44.2 Å². The van der Waals surface area contributed by atoms with E-state index in [0.717, 1.165) is 49.5 Å². The summed E-state index contributed by atoms with van der Waals surface area (Å²) >= 11 is 0. The number of hydrogen-bond acceptors (Lipinski definition) is 6. The number of rotatable bonds is 5. The highest BCUT2D eigenvalue weighted by molar-refractivity contribution is 5.81. The van der Waals surface area contributed by atoms with Gasteiger partial charge in [-0.15, -0.1) is 0 Å². The van der Waals surface area contributed by atoms with E-state index in [2.05, 4.69) is 20.6 Å². The molecule has 0 amide bonds. The average molecular weight is 429 g/mol. The lowest BCUT2D eigenvalue weighted by atomic mass is 9.93. The molecule has 0 spiro atoms. The van der Waals surface area contributed by atoms with Gasteiger partial charge in [-0.2, -0.15) is 0 Å². The Labute approximate surface area is 178 Å². The van der Waals surface area contributed by atoms with E-state index in [1.165, 1.54) is 12.1 Å². The molecule has 5 rings (SSSR count). The molecule has 3 aromatic rings. The minimum atomic E-state index is -0.679. The largest absolute Gasteiger partial charge is 0.393 e. The van der Waals surface area contributed by atoms with Crippen LogP contribution in [0.5, 0.6) is 0 Å². The summed E-state index contributed by atoms with van der Waals surface area (Å²) < 4.78 is 35.1. The number of aliphatic hydroxyl groups is 1. The summed E-state index contributed by atoms with van der Waals surface area (Å²) in [5.74, 6) is -0.0960. The van der Waals surface area contributed by atoms with E-state index in [9.17, 15) is 13.9 Å². The molecule has 1 aromatic carbocycles. The summed E-state index contributed by atoms with van der Waals surface area (Å²) in [7, 11) is 0. The maximum absolute atomic E-state index is 14.2. The fourth-order valence-corrected chi connectivity index (χ4v) is 4.40. The molecule has 0 unspecified atom stereocenters. The van der Waals surface area contributed by atoms with Crippen molar-refractivity contribution < 1.29 is 18.6 Å². The van der Waals surface area contributed by atoms with Crippen molar-refractivity contribution in [3.63, 3.8) is 0 Å². The van der Waals surface area contributed by atoms with Crippen molar-refractivity contribution in [2.45, 2.75) is 50.3 Å². The van der Waals surface area contributed by atoms with Crippen molar-refractivity contribution >= 4 is 28.5 Å². The van der Waals surface area contributed by atoms with Crippen molar-refractivity contribution in [1.82, 2.24) is 14.5 Å². The summed E-state index contributed by atoms with van der Waals surface area (Å²) in [5, 5.41) is 16.2. The maximum Gasteiger partial charge on any atom is 0.208 e. The number of imidazole rings is 1. The van der Waals surface area contributed by atoms with Crippen molar-refractivity contribution in [3.05, 3.63) is 42.1 Å². The quantitative estimate of drug-likeness (QED) is 0.566. The van der Waals surface area contributed by atoms with Gasteiger partial charge in [0.05, 0.1) is 36.2 Å². The fraction of sp³-hybridized carbons (Fsp3) is 0.455. The summed E-state index contributed by atoms with van der Waals surface area (Å²) in [6, 6.07) is 5.70. The van der Waals surface area contributed by atoms with Crippen molar-refractivity contribution in [1.29, 1.82) is 0 Å². The van der Waals surface area contributed by atoms with Crippen LogP contribution in [0.15, 0.2) is 30.5 Å². The molecule has 1 saturated heterocycles. The van der Waals surface area contributed by atoms with Crippen LogP contribution in [-0.2, 0) is 4.74 Å². The third-order valence-electron chi connectivity index (χ3n) is 6.07. The maximum atomic E-state index is 14.2. The molecule has 164 valence electrons. The van der Waals surface area contributed by atoms with E-state index in [1.807, 2.05) is 10.6 Å². The zero-order chi connectivity index (χ0) is 21.4. The van der Waals surface area contributed by atoms with Crippen molar-refractivity contribution in [2.24, 2.45) is 0 Å². The zero-order valence-corrected chi connectivity index (χ0v) is 17.0. The van der Waals surface area contributed by atoms with Gasteiger partial charge in [-0.25, -0.2) is 18.7 Å². The summed E-state index contributed by atoms with van der Waals surface area (Å²) in [5.41, 5.74) is 1.71. The first-order valence-corrected chi connectivity index (χ1v) is 10.7. The number of hydrogen-bond donors (Lipinski definition) is 3. The number of fused-ring (bicyclic) bond motifs is 1. The van der Waals surface area contributed by atoms with Crippen LogP contribution in [0, 0.1) is 11.6 Å². The topological polar surface area (TPSA) is 84.2 Å². The number of aliphatic hydroxyl groups excluding tert-OH is 1. The Kier molecular flexibility index (Phi) is 5.45. The Morgan fingerprint density at radius 3 is 2.68 bits per heavy atom. The molecule has 1 aliphatic carbocycles. The minimum Gasteiger partial charge on any atom is -0.393 e. The second-order valence-electron chi connectivity index (χ2n) is 8.28. The summed E-state index contributed by atoms with van der Waals surface area (Å²) in [4.78, 5) is 9.13. The Morgan fingerprint density at radius 2 is 1.94 bits per heavy atom. The second-order valence-corrected chi connectivity index (χ2v) is 8.28. The predicted octanol–water partition coefficient (Wildman–Crippen LogP) is 4.13. The highest BCUT2D eigenvalue weighted by Gasteiger charge is 2.25. The van der Waals surface area contributed by atoms with Gasteiger partial charge in [0.1, 0.15) is 23.0 Å². The molecule has 2 aliphatic rings. The number of aromatic nitrogens is 3. The first-order chi connectivity index (χ1) is 15.1. The molecule has 1 saturated carbocycles. The third-order valence-corrected chi connectivity index (χ3v) is 6.07. The molecule has 3 N–H and O–H groups in total. The summed E-state index contributed by atoms with van der Waals surface area (Å²) in [6.45, 7) is 1.19. The van der Waals surface area contributed by atoms with Crippen molar-refractivity contribution in [2.75, 3.05) is 23.8 Å². The van der Waals surface area contributed by atoms with Crippen LogP contribution in [0.3, 0.4) is 0 Å². The highest BCUT2D eigenvalue weighted by Crippen LogP contribution is 2.33. The molecule has 2 fully saturated rings. The molecule has 31 heavy (non-hydrogen) atoms. The Balaban J connectivity index is 1.49. The van der Waals surface area contributed by atoms with Crippen molar-refractivity contribution in [3.8, 4) is 0 Å². The number of halogens is 2. The molecule has 3 heterocycles. The van der Waals surface area contributed by atoms with E-state index in [4.69, 9.17) is 4.74 Å². The molecular weight excluding hydrogens is 404 g/mol. The molecule has 1 atom stereocenters. The molecule has 7 nitrogen and oxygen atoms in total. The van der Waals surface area contributed by atoms with Crippen LogP contribution in [0.2, 0.25) is 0 Å². The third kappa shape index (κ3) is 4.20. The van der Waals surface area contributed by atoms with Gasteiger partial charge in [-0.3, -0.25) is 0 Å². The minimum absolute atomic E-state index is 0.0519. The lowest BCUT2D eigenvalue weighted by Crippen LogP contribution is -2.28. The molecule has 2 aromatic heterocycles. The Bertz CT molecular complexity index is 1080. The smallest absolute Gasteiger partial charge is 0.208 e. The molecule has 0 radical (unpaired) electrons.